The third kappa shape index (κ3) is 2.36. The maximum absolute atomic E-state index is 12.2. The molecule has 1 N–H and O–H groups in total. The first-order chi connectivity index (χ1) is 10.3. The van der Waals surface area contributed by atoms with E-state index in [1.165, 1.54) is 0 Å². The Morgan fingerprint density at radius 3 is 2.64 bits per heavy atom. The van der Waals surface area contributed by atoms with Gasteiger partial charge in [0.1, 0.15) is 5.60 Å². The highest BCUT2D eigenvalue weighted by molar-refractivity contribution is 5.85. The number of benzene rings is 1. The molecule has 2 aromatic rings. The van der Waals surface area contributed by atoms with Crippen LogP contribution in [0.3, 0.4) is 0 Å². The molecule has 2 atom stereocenters. The lowest BCUT2D eigenvalue weighted by Gasteiger charge is -2.24. The second-order valence-electron chi connectivity index (χ2n) is 6.69. The van der Waals surface area contributed by atoms with Gasteiger partial charge in [0, 0.05) is 11.6 Å². The number of nitrogens with one attached hydrogen (secondary N) is 1. The largest absolute Gasteiger partial charge is 0.444 e. The fourth-order valence-corrected chi connectivity index (χ4v) is 3.04. The van der Waals surface area contributed by atoms with Crippen LogP contribution in [-0.2, 0) is 4.74 Å². The lowest BCUT2D eigenvalue weighted by atomic mass is 10.0. The topological polar surface area (TPSA) is 60.3 Å². The zero-order valence-corrected chi connectivity index (χ0v) is 13.2. The number of hydrogen-bond acceptors (Lipinski definition) is 3. The van der Waals surface area contributed by atoms with Crippen molar-refractivity contribution in [2.45, 2.75) is 45.4 Å². The van der Waals surface area contributed by atoms with Crippen molar-refractivity contribution < 1.29 is 9.53 Å². The minimum Gasteiger partial charge on any atom is -0.444 e. The quantitative estimate of drug-likeness (QED) is 0.880. The van der Waals surface area contributed by atoms with Crippen LogP contribution in [0, 0.1) is 0 Å². The highest BCUT2D eigenvalue weighted by Crippen LogP contribution is 2.38. The van der Waals surface area contributed by atoms with Gasteiger partial charge < -0.3 is 14.6 Å². The van der Waals surface area contributed by atoms with E-state index in [9.17, 15) is 9.59 Å². The molecular formula is C17H20N2O3. The van der Waals surface area contributed by atoms with Gasteiger partial charge in [-0.15, -0.1) is 0 Å². The van der Waals surface area contributed by atoms with Crippen LogP contribution in [0.4, 0.5) is 4.79 Å². The standard InChI is InChI=1S/C17H20N2O3/c1-10-14(18-16(21)22-17(2,3)4)12-7-5-6-11-8-9-13(20)19(10)15(11)12/h5-10,14H,1-4H3,(H,18,21). The summed E-state index contributed by atoms with van der Waals surface area (Å²) in [5.41, 5.74) is 1.24. The van der Waals surface area contributed by atoms with Crippen LogP contribution in [0.15, 0.2) is 35.1 Å². The molecule has 1 aromatic heterocycles. The van der Waals surface area contributed by atoms with Gasteiger partial charge in [0.2, 0.25) is 0 Å². The average molecular weight is 300 g/mol. The molecule has 0 fully saturated rings. The summed E-state index contributed by atoms with van der Waals surface area (Å²) in [7, 11) is 0. The molecule has 2 heterocycles. The Kier molecular flexibility index (Phi) is 3.24. The van der Waals surface area contributed by atoms with Crippen molar-refractivity contribution in [3.05, 3.63) is 46.2 Å². The summed E-state index contributed by atoms with van der Waals surface area (Å²) in [5.74, 6) is 0. The van der Waals surface area contributed by atoms with Gasteiger partial charge in [0.05, 0.1) is 17.6 Å². The van der Waals surface area contributed by atoms with E-state index in [0.29, 0.717) is 0 Å². The molecule has 116 valence electrons. The zero-order valence-electron chi connectivity index (χ0n) is 13.2. The van der Waals surface area contributed by atoms with E-state index in [0.717, 1.165) is 16.5 Å². The maximum atomic E-state index is 12.2. The average Bonchev–Trinajstić information content (AvgIpc) is 2.68. The molecule has 0 saturated heterocycles. The summed E-state index contributed by atoms with van der Waals surface area (Å²) in [6.07, 6.45) is -0.470. The number of carbonyl (C=O) groups is 1. The fraction of sp³-hybridized carbons (Fsp3) is 0.412. The molecule has 0 radical (unpaired) electrons. The minimum absolute atomic E-state index is 0.0547. The lowest BCUT2D eigenvalue weighted by Crippen LogP contribution is -2.37. The molecular weight excluding hydrogens is 280 g/mol. The number of aromatic nitrogens is 1. The zero-order chi connectivity index (χ0) is 16.1. The second kappa shape index (κ2) is 4.87. The normalized spacial score (nSPS) is 20.2. The summed E-state index contributed by atoms with van der Waals surface area (Å²) in [5, 5.41) is 3.90. The van der Waals surface area contributed by atoms with Crippen LogP contribution in [0.5, 0.6) is 0 Å². The first-order valence-corrected chi connectivity index (χ1v) is 7.41. The van der Waals surface area contributed by atoms with Gasteiger partial charge in [-0.2, -0.15) is 0 Å². The molecule has 3 rings (SSSR count). The van der Waals surface area contributed by atoms with Gasteiger partial charge in [-0.25, -0.2) is 4.79 Å². The first kappa shape index (κ1) is 14.6. The van der Waals surface area contributed by atoms with E-state index in [2.05, 4.69) is 5.32 Å². The number of para-hydroxylation sites is 1. The van der Waals surface area contributed by atoms with Crippen LogP contribution in [0.25, 0.3) is 10.9 Å². The van der Waals surface area contributed by atoms with Crippen molar-refractivity contribution in [2.75, 3.05) is 0 Å². The number of hydrogen-bond donors (Lipinski definition) is 1. The maximum Gasteiger partial charge on any atom is 0.408 e. The molecule has 1 aliphatic rings. The van der Waals surface area contributed by atoms with Crippen molar-refractivity contribution in [1.29, 1.82) is 0 Å². The van der Waals surface area contributed by atoms with Crippen molar-refractivity contribution in [3.8, 4) is 0 Å². The Bertz CT molecular complexity index is 802. The number of carbonyl (C=O) groups excluding carboxylic acids is 1. The Balaban J connectivity index is 2.00. The molecule has 0 aliphatic carbocycles. The molecule has 0 bridgehead atoms. The van der Waals surface area contributed by atoms with Gasteiger partial charge in [-0.1, -0.05) is 18.2 Å². The van der Waals surface area contributed by atoms with Crippen LogP contribution in [0.1, 0.15) is 45.3 Å². The molecule has 5 nitrogen and oxygen atoms in total. The number of rotatable bonds is 1. The number of amides is 1. The first-order valence-electron chi connectivity index (χ1n) is 7.41. The van der Waals surface area contributed by atoms with E-state index >= 15 is 0 Å². The predicted molar refractivity (Wildman–Crippen MR) is 85.0 cm³/mol. The van der Waals surface area contributed by atoms with Crippen molar-refractivity contribution >= 4 is 17.0 Å². The van der Waals surface area contributed by atoms with Crippen molar-refractivity contribution in [3.63, 3.8) is 0 Å². The van der Waals surface area contributed by atoms with Gasteiger partial charge in [0.15, 0.2) is 0 Å². The molecule has 1 aliphatic heterocycles. The van der Waals surface area contributed by atoms with Crippen LogP contribution in [0.2, 0.25) is 0 Å². The molecule has 0 spiro atoms. The van der Waals surface area contributed by atoms with E-state index < -0.39 is 11.7 Å². The van der Waals surface area contributed by atoms with Crippen molar-refractivity contribution in [1.82, 2.24) is 9.88 Å². The third-order valence-electron chi connectivity index (χ3n) is 3.88. The highest BCUT2D eigenvalue weighted by atomic mass is 16.6. The Morgan fingerprint density at radius 2 is 1.95 bits per heavy atom. The summed E-state index contributed by atoms with van der Waals surface area (Å²) < 4.78 is 7.08. The monoisotopic (exact) mass is 300 g/mol. The number of nitrogens with zero attached hydrogens (tertiary/aromatic N) is 1. The number of ether oxygens (including phenoxy) is 1. The summed E-state index contributed by atoms with van der Waals surface area (Å²) in [4.78, 5) is 24.3. The summed E-state index contributed by atoms with van der Waals surface area (Å²) in [6.45, 7) is 7.41. The van der Waals surface area contributed by atoms with Gasteiger partial charge in [-0.3, -0.25) is 4.79 Å². The van der Waals surface area contributed by atoms with E-state index in [1.807, 2.05) is 52.0 Å². The van der Waals surface area contributed by atoms with E-state index in [4.69, 9.17) is 4.74 Å². The summed E-state index contributed by atoms with van der Waals surface area (Å²) >= 11 is 0. The van der Waals surface area contributed by atoms with Crippen LogP contribution >= 0.6 is 0 Å². The lowest BCUT2D eigenvalue weighted by molar-refractivity contribution is 0.0493. The highest BCUT2D eigenvalue weighted by Gasteiger charge is 2.34. The number of pyridine rings is 1. The fourth-order valence-electron chi connectivity index (χ4n) is 3.04. The number of alkyl carbamates (subject to hydrolysis) is 1. The van der Waals surface area contributed by atoms with Crippen LogP contribution < -0.4 is 10.9 Å². The Morgan fingerprint density at radius 1 is 1.23 bits per heavy atom. The van der Waals surface area contributed by atoms with Crippen molar-refractivity contribution in [2.24, 2.45) is 0 Å². The van der Waals surface area contributed by atoms with E-state index in [1.54, 1.807) is 10.6 Å². The molecule has 5 heteroatoms. The molecule has 1 amide bonds. The predicted octanol–water partition coefficient (Wildman–Crippen LogP) is 3.14. The van der Waals surface area contributed by atoms with Crippen LogP contribution in [-0.4, -0.2) is 16.3 Å². The third-order valence-corrected chi connectivity index (χ3v) is 3.88. The Hall–Kier alpha value is -2.30. The SMILES string of the molecule is CC1C(NC(=O)OC(C)(C)C)c2cccc3ccc(=O)n1c23. The van der Waals surface area contributed by atoms with E-state index in [-0.39, 0.29) is 17.6 Å². The second-order valence-corrected chi connectivity index (χ2v) is 6.69. The van der Waals surface area contributed by atoms with Gasteiger partial charge in [0.25, 0.3) is 5.56 Å². The smallest absolute Gasteiger partial charge is 0.408 e. The minimum atomic E-state index is -0.554. The molecule has 0 saturated carbocycles. The molecule has 2 unspecified atom stereocenters. The molecule has 1 aromatic carbocycles. The molecule has 22 heavy (non-hydrogen) atoms. The van der Waals surface area contributed by atoms with Gasteiger partial charge in [-0.05, 0) is 39.1 Å². The Labute approximate surface area is 128 Å². The summed E-state index contributed by atoms with van der Waals surface area (Å²) in [6, 6.07) is 8.82. The van der Waals surface area contributed by atoms with Gasteiger partial charge >= 0.3 is 6.09 Å².